The lowest BCUT2D eigenvalue weighted by Gasteiger charge is -2.34. The number of morpholine rings is 1. The largest absolute Gasteiger partial charge is 0.486 e. The maximum absolute atomic E-state index is 6.15. The summed E-state index contributed by atoms with van der Waals surface area (Å²) in [5, 5.41) is 1.16. The Morgan fingerprint density at radius 3 is 2.58 bits per heavy atom. The Kier molecular flexibility index (Phi) is 6.53. The molecule has 2 heterocycles. The van der Waals surface area contributed by atoms with Crippen LogP contribution in [0.25, 0.3) is 0 Å². The Balaban J connectivity index is 1.60. The molecule has 1 unspecified atom stereocenters. The molecule has 1 saturated heterocycles. The van der Waals surface area contributed by atoms with Gasteiger partial charge in [-0.05, 0) is 26.2 Å². The lowest BCUT2D eigenvalue weighted by Crippen LogP contribution is -2.47. The Labute approximate surface area is 163 Å². The Hall–Kier alpha value is -1.60. The zero-order valence-corrected chi connectivity index (χ0v) is 16.4. The van der Waals surface area contributed by atoms with E-state index in [-0.39, 0.29) is 12.7 Å². The highest BCUT2D eigenvalue weighted by atomic mass is 35.5. The lowest BCUT2D eigenvalue weighted by molar-refractivity contribution is 0.0243. The van der Waals surface area contributed by atoms with Crippen LogP contribution in [-0.4, -0.2) is 61.3 Å². The van der Waals surface area contributed by atoms with E-state index in [4.69, 9.17) is 32.7 Å². The molecular formula is C18H22Cl2N4O2. The summed E-state index contributed by atoms with van der Waals surface area (Å²) in [6.45, 7) is 3.36. The predicted octanol–water partition coefficient (Wildman–Crippen LogP) is 3.13. The summed E-state index contributed by atoms with van der Waals surface area (Å²) >= 11 is 12.3. The van der Waals surface area contributed by atoms with Crippen LogP contribution in [0, 0.1) is 0 Å². The number of likely N-dealkylation sites (N-methyl/N-ethyl adjacent to an activating group) is 1. The number of hydrogen-bond acceptors (Lipinski definition) is 6. The van der Waals surface area contributed by atoms with Crippen LogP contribution >= 0.6 is 23.2 Å². The summed E-state index contributed by atoms with van der Waals surface area (Å²) in [6.07, 6.45) is 3.49. The summed E-state index contributed by atoms with van der Waals surface area (Å²) in [5.74, 6) is 1.25. The highest BCUT2D eigenvalue weighted by Crippen LogP contribution is 2.25. The first-order valence-electron chi connectivity index (χ1n) is 8.42. The number of benzene rings is 1. The summed E-state index contributed by atoms with van der Waals surface area (Å²) in [4.78, 5) is 13.1. The molecule has 0 aliphatic carbocycles. The van der Waals surface area contributed by atoms with E-state index >= 15 is 0 Å². The minimum Gasteiger partial charge on any atom is -0.486 e. The van der Waals surface area contributed by atoms with E-state index < -0.39 is 0 Å². The molecule has 1 fully saturated rings. The van der Waals surface area contributed by atoms with Crippen LogP contribution in [0.5, 0.6) is 5.75 Å². The fourth-order valence-corrected chi connectivity index (χ4v) is 3.30. The third-order valence-electron chi connectivity index (χ3n) is 4.05. The molecule has 0 saturated carbocycles. The molecule has 3 rings (SSSR count). The minimum atomic E-state index is 0.153. The average molecular weight is 397 g/mol. The SMILES string of the molecule is CN(C)CC1CN(c2ncc(OCc3c(Cl)cccc3Cl)cn2)CCO1. The molecule has 2 aromatic rings. The topological polar surface area (TPSA) is 50.7 Å². The number of hydrogen-bond donors (Lipinski definition) is 0. The van der Waals surface area contributed by atoms with E-state index in [0.717, 1.165) is 25.2 Å². The molecule has 0 spiro atoms. The van der Waals surface area contributed by atoms with Crippen molar-refractivity contribution in [2.24, 2.45) is 0 Å². The van der Waals surface area contributed by atoms with Gasteiger partial charge < -0.3 is 19.3 Å². The average Bonchev–Trinajstić information content (AvgIpc) is 2.61. The van der Waals surface area contributed by atoms with Gasteiger partial charge in [0.15, 0.2) is 5.75 Å². The molecule has 1 aliphatic rings. The van der Waals surface area contributed by atoms with Gasteiger partial charge in [-0.3, -0.25) is 0 Å². The highest BCUT2D eigenvalue weighted by Gasteiger charge is 2.22. The summed E-state index contributed by atoms with van der Waals surface area (Å²) in [6, 6.07) is 5.38. The molecule has 0 bridgehead atoms. The molecular weight excluding hydrogens is 375 g/mol. The predicted molar refractivity (Wildman–Crippen MR) is 103 cm³/mol. The van der Waals surface area contributed by atoms with Crippen molar-refractivity contribution < 1.29 is 9.47 Å². The summed E-state index contributed by atoms with van der Waals surface area (Å²) in [5.41, 5.74) is 0.750. The van der Waals surface area contributed by atoms with Gasteiger partial charge >= 0.3 is 0 Å². The van der Waals surface area contributed by atoms with Gasteiger partial charge in [-0.25, -0.2) is 9.97 Å². The molecule has 0 radical (unpaired) electrons. The molecule has 1 aliphatic heterocycles. The van der Waals surface area contributed by atoms with Crippen molar-refractivity contribution in [3.8, 4) is 5.75 Å². The standard InChI is InChI=1S/C18H22Cl2N4O2/c1-23(2)10-14-11-24(6-7-25-14)18-21-8-13(9-22-18)26-12-15-16(19)4-3-5-17(15)20/h3-5,8-9,14H,6-7,10-12H2,1-2H3. The van der Waals surface area contributed by atoms with Gasteiger partial charge in [0, 0.05) is 35.2 Å². The minimum absolute atomic E-state index is 0.153. The highest BCUT2D eigenvalue weighted by molar-refractivity contribution is 6.35. The van der Waals surface area contributed by atoms with Crippen LogP contribution < -0.4 is 9.64 Å². The fourth-order valence-electron chi connectivity index (χ4n) is 2.79. The van der Waals surface area contributed by atoms with Crippen LogP contribution in [0.3, 0.4) is 0 Å². The maximum Gasteiger partial charge on any atom is 0.225 e. The number of ether oxygens (including phenoxy) is 2. The molecule has 0 amide bonds. The first-order chi connectivity index (χ1) is 12.5. The van der Waals surface area contributed by atoms with Gasteiger partial charge in [0.05, 0.1) is 25.1 Å². The van der Waals surface area contributed by atoms with E-state index in [1.807, 2.05) is 14.1 Å². The van der Waals surface area contributed by atoms with E-state index in [2.05, 4.69) is 19.8 Å². The van der Waals surface area contributed by atoms with Gasteiger partial charge in [0.25, 0.3) is 0 Å². The Morgan fingerprint density at radius 1 is 1.23 bits per heavy atom. The number of nitrogens with zero attached hydrogens (tertiary/aromatic N) is 4. The van der Waals surface area contributed by atoms with E-state index in [1.165, 1.54) is 0 Å². The summed E-state index contributed by atoms with van der Waals surface area (Å²) < 4.78 is 11.5. The molecule has 1 atom stereocenters. The van der Waals surface area contributed by atoms with Crippen molar-refractivity contribution in [2.45, 2.75) is 12.7 Å². The van der Waals surface area contributed by atoms with Crippen LogP contribution in [0.1, 0.15) is 5.56 Å². The van der Waals surface area contributed by atoms with Crippen molar-refractivity contribution in [3.63, 3.8) is 0 Å². The summed E-state index contributed by atoms with van der Waals surface area (Å²) in [7, 11) is 4.08. The van der Waals surface area contributed by atoms with Crippen LogP contribution in [-0.2, 0) is 11.3 Å². The zero-order valence-electron chi connectivity index (χ0n) is 14.9. The molecule has 140 valence electrons. The first-order valence-corrected chi connectivity index (χ1v) is 9.17. The van der Waals surface area contributed by atoms with Gasteiger partial charge in [-0.1, -0.05) is 29.3 Å². The van der Waals surface area contributed by atoms with Gasteiger partial charge in [-0.15, -0.1) is 0 Å². The zero-order chi connectivity index (χ0) is 18.5. The number of anilines is 1. The molecule has 1 aromatic carbocycles. The second-order valence-corrected chi connectivity index (χ2v) is 7.22. The molecule has 8 heteroatoms. The normalized spacial score (nSPS) is 17.6. The van der Waals surface area contributed by atoms with E-state index in [1.54, 1.807) is 30.6 Å². The van der Waals surface area contributed by atoms with Gasteiger partial charge in [-0.2, -0.15) is 0 Å². The quantitative estimate of drug-likeness (QED) is 0.747. The smallest absolute Gasteiger partial charge is 0.225 e. The Bertz CT molecular complexity index is 707. The van der Waals surface area contributed by atoms with E-state index in [0.29, 0.717) is 28.3 Å². The van der Waals surface area contributed by atoms with Crippen molar-refractivity contribution in [1.82, 2.24) is 14.9 Å². The van der Waals surface area contributed by atoms with Crippen LogP contribution in [0.2, 0.25) is 10.0 Å². The van der Waals surface area contributed by atoms with Gasteiger partial charge in [0.1, 0.15) is 6.61 Å². The monoisotopic (exact) mass is 396 g/mol. The number of halogens is 2. The van der Waals surface area contributed by atoms with Crippen molar-refractivity contribution in [2.75, 3.05) is 45.2 Å². The second kappa shape index (κ2) is 8.86. The maximum atomic E-state index is 6.15. The molecule has 6 nitrogen and oxygen atoms in total. The van der Waals surface area contributed by atoms with Gasteiger partial charge in [0.2, 0.25) is 5.95 Å². The molecule has 0 N–H and O–H groups in total. The number of aromatic nitrogens is 2. The second-order valence-electron chi connectivity index (χ2n) is 6.41. The fraction of sp³-hybridized carbons (Fsp3) is 0.444. The lowest BCUT2D eigenvalue weighted by atomic mass is 10.2. The number of rotatable bonds is 6. The van der Waals surface area contributed by atoms with Crippen LogP contribution in [0.4, 0.5) is 5.95 Å². The molecule has 1 aromatic heterocycles. The van der Waals surface area contributed by atoms with Crippen molar-refractivity contribution >= 4 is 29.2 Å². The van der Waals surface area contributed by atoms with E-state index in [9.17, 15) is 0 Å². The van der Waals surface area contributed by atoms with Crippen LogP contribution in [0.15, 0.2) is 30.6 Å². The molecule has 26 heavy (non-hydrogen) atoms. The third-order valence-corrected chi connectivity index (χ3v) is 4.76. The third kappa shape index (κ3) is 4.98. The van der Waals surface area contributed by atoms with Crippen molar-refractivity contribution in [3.05, 3.63) is 46.2 Å². The Morgan fingerprint density at radius 2 is 1.92 bits per heavy atom. The first kappa shape index (κ1) is 19.2. The van der Waals surface area contributed by atoms with Crippen molar-refractivity contribution in [1.29, 1.82) is 0 Å².